The number of nitrogens with zero attached hydrogens (tertiary/aromatic N) is 2. The Kier molecular flexibility index (Phi) is 3.47. The predicted molar refractivity (Wildman–Crippen MR) is 66.5 cm³/mol. The van der Waals surface area contributed by atoms with Gasteiger partial charge in [0.1, 0.15) is 0 Å². The van der Waals surface area contributed by atoms with Crippen molar-refractivity contribution in [2.45, 2.75) is 26.2 Å². The molecule has 1 aromatic heterocycles. The van der Waals surface area contributed by atoms with E-state index >= 15 is 0 Å². The normalized spacial score (nSPS) is 23.9. The molecule has 1 saturated carbocycles. The van der Waals surface area contributed by atoms with Crippen molar-refractivity contribution in [2.75, 3.05) is 11.9 Å². The summed E-state index contributed by atoms with van der Waals surface area (Å²) in [5.41, 5.74) is 7.35. The zero-order valence-electron chi connectivity index (χ0n) is 10.4. The van der Waals surface area contributed by atoms with Gasteiger partial charge in [0.25, 0.3) is 0 Å². The van der Waals surface area contributed by atoms with Gasteiger partial charge in [0.2, 0.25) is 5.91 Å². The molecule has 2 unspecified atom stereocenters. The van der Waals surface area contributed by atoms with Crippen molar-refractivity contribution in [1.82, 2.24) is 9.78 Å². The Bertz CT molecular complexity index is 413. The zero-order valence-corrected chi connectivity index (χ0v) is 10.4. The highest BCUT2D eigenvalue weighted by molar-refractivity contribution is 5.93. The molecule has 5 nitrogen and oxygen atoms in total. The smallest absolute Gasteiger partial charge is 0.227 e. The minimum atomic E-state index is 0.0691. The first-order chi connectivity index (χ1) is 8.11. The Balaban J connectivity index is 2.04. The molecule has 0 saturated heterocycles. The molecule has 5 heteroatoms. The SMILES string of the molecule is Cc1nn(C)cc1NC(=O)C1CCCC1CN. The van der Waals surface area contributed by atoms with Crippen LogP contribution >= 0.6 is 0 Å². The third kappa shape index (κ3) is 2.49. The third-order valence-electron chi connectivity index (χ3n) is 3.57. The minimum Gasteiger partial charge on any atom is -0.330 e. The van der Waals surface area contributed by atoms with E-state index in [1.807, 2.05) is 20.2 Å². The number of carbonyl (C=O) groups excluding carboxylic acids is 1. The molecule has 0 spiro atoms. The first-order valence-electron chi connectivity index (χ1n) is 6.13. The second-order valence-corrected chi connectivity index (χ2v) is 4.82. The Morgan fingerprint density at radius 1 is 1.65 bits per heavy atom. The number of anilines is 1. The number of nitrogens with one attached hydrogen (secondary N) is 1. The van der Waals surface area contributed by atoms with Crippen molar-refractivity contribution < 1.29 is 4.79 Å². The largest absolute Gasteiger partial charge is 0.330 e. The Morgan fingerprint density at radius 2 is 2.41 bits per heavy atom. The summed E-state index contributed by atoms with van der Waals surface area (Å²) < 4.78 is 1.71. The summed E-state index contributed by atoms with van der Waals surface area (Å²) in [7, 11) is 1.85. The standard InChI is InChI=1S/C12H20N4O/c1-8-11(7-16(2)15-8)14-12(17)10-5-3-4-9(10)6-13/h7,9-10H,3-6,13H2,1-2H3,(H,14,17). The van der Waals surface area contributed by atoms with E-state index in [1.165, 1.54) is 0 Å². The van der Waals surface area contributed by atoms with Crippen LogP contribution < -0.4 is 11.1 Å². The number of aryl methyl sites for hydroxylation is 2. The topological polar surface area (TPSA) is 72.9 Å². The number of hydrogen-bond acceptors (Lipinski definition) is 3. The lowest BCUT2D eigenvalue weighted by atomic mass is 9.95. The average Bonchev–Trinajstić information content (AvgIpc) is 2.85. The molecular weight excluding hydrogens is 216 g/mol. The lowest BCUT2D eigenvalue weighted by Crippen LogP contribution is -2.29. The van der Waals surface area contributed by atoms with E-state index in [4.69, 9.17) is 5.73 Å². The van der Waals surface area contributed by atoms with E-state index in [0.717, 1.165) is 30.6 Å². The van der Waals surface area contributed by atoms with Crippen molar-refractivity contribution in [2.24, 2.45) is 24.6 Å². The second kappa shape index (κ2) is 4.87. The van der Waals surface area contributed by atoms with Gasteiger partial charge in [0, 0.05) is 19.2 Å². The fourth-order valence-electron chi connectivity index (χ4n) is 2.61. The van der Waals surface area contributed by atoms with Crippen LogP contribution in [0.3, 0.4) is 0 Å². The molecule has 1 aromatic rings. The van der Waals surface area contributed by atoms with Crippen molar-refractivity contribution >= 4 is 11.6 Å². The predicted octanol–water partition coefficient (Wildman–Crippen LogP) is 1.04. The molecule has 1 fully saturated rings. The highest BCUT2D eigenvalue weighted by atomic mass is 16.1. The molecule has 94 valence electrons. The molecule has 1 amide bonds. The van der Waals surface area contributed by atoms with E-state index in [0.29, 0.717) is 12.5 Å². The maximum atomic E-state index is 12.1. The molecule has 17 heavy (non-hydrogen) atoms. The van der Waals surface area contributed by atoms with Crippen molar-refractivity contribution in [3.05, 3.63) is 11.9 Å². The number of nitrogens with two attached hydrogens (primary N) is 1. The van der Waals surface area contributed by atoms with Gasteiger partial charge in [0.15, 0.2) is 0 Å². The van der Waals surface area contributed by atoms with Crippen LogP contribution in [0.15, 0.2) is 6.20 Å². The molecule has 0 aromatic carbocycles. The molecule has 1 aliphatic carbocycles. The van der Waals surface area contributed by atoms with E-state index < -0.39 is 0 Å². The van der Waals surface area contributed by atoms with Crippen LogP contribution in [-0.4, -0.2) is 22.2 Å². The molecule has 2 atom stereocenters. The van der Waals surface area contributed by atoms with Crippen molar-refractivity contribution in [3.63, 3.8) is 0 Å². The van der Waals surface area contributed by atoms with Crippen LogP contribution in [0.5, 0.6) is 0 Å². The number of carbonyl (C=O) groups is 1. The summed E-state index contributed by atoms with van der Waals surface area (Å²) in [6, 6.07) is 0. The quantitative estimate of drug-likeness (QED) is 0.823. The Hall–Kier alpha value is -1.36. The molecule has 1 aliphatic rings. The lowest BCUT2D eigenvalue weighted by Gasteiger charge is -2.16. The van der Waals surface area contributed by atoms with Gasteiger partial charge in [-0.3, -0.25) is 9.48 Å². The first-order valence-corrected chi connectivity index (χ1v) is 6.13. The molecule has 0 aliphatic heterocycles. The Morgan fingerprint density at radius 3 is 3.00 bits per heavy atom. The van der Waals surface area contributed by atoms with Gasteiger partial charge >= 0.3 is 0 Å². The van der Waals surface area contributed by atoms with Crippen LogP contribution in [0.1, 0.15) is 25.0 Å². The molecular formula is C12H20N4O. The molecule has 0 bridgehead atoms. The maximum absolute atomic E-state index is 12.1. The summed E-state index contributed by atoms with van der Waals surface area (Å²) in [5, 5.41) is 7.17. The van der Waals surface area contributed by atoms with E-state index in [1.54, 1.807) is 4.68 Å². The lowest BCUT2D eigenvalue weighted by molar-refractivity contribution is -0.120. The number of hydrogen-bond donors (Lipinski definition) is 2. The summed E-state index contributed by atoms with van der Waals surface area (Å²) >= 11 is 0. The van der Waals surface area contributed by atoms with Crippen molar-refractivity contribution in [3.8, 4) is 0 Å². The van der Waals surface area contributed by atoms with E-state index in [2.05, 4.69) is 10.4 Å². The van der Waals surface area contributed by atoms with Gasteiger partial charge in [-0.05, 0) is 32.2 Å². The van der Waals surface area contributed by atoms with Crippen molar-refractivity contribution in [1.29, 1.82) is 0 Å². The molecule has 1 heterocycles. The van der Waals surface area contributed by atoms with E-state index in [-0.39, 0.29) is 11.8 Å². The highest BCUT2D eigenvalue weighted by Gasteiger charge is 2.32. The highest BCUT2D eigenvalue weighted by Crippen LogP contribution is 2.32. The van der Waals surface area contributed by atoms with Gasteiger partial charge < -0.3 is 11.1 Å². The minimum absolute atomic E-state index is 0.0691. The summed E-state index contributed by atoms with van der Waals surface area (Å²) in [6.45, 7) is 2.49. The summed E-state index contributed by atoms with van der Waals surface area (Å²) in [6.07, 6.45) is 4.96. The fourth-order valence-corrected chi connectivity index (χ4v) is 2.61. The number of amides is 1. The Labute approximate surface area is 101 Å². The third-order valence-corrected chi connectivity index (χ3v) is 3.57. The van der Waals surface area contributed by atoms with E-state index in [9.17, 15) is 4.79 Å². The number of rotatable bonds is 3. The first kappa shape index (κ1) is 12.1. The van der Waals surface area contributed by atoms with Gasteiger partial charge in [-0.15, -0.1) is 0 Å². The zero-order chi connectivity index (χ0) is 12.4. The number of aromatic nitrogens is 2. The van der Waals surface area contributed by atoms with Gasteiger partial charge in [-0.25, -0.2) is 0 Å². The van der Waals surface area contributed by atoms with Crippen LogP contribution in [-0.2, 0) is 11.8 Å². The van der Waals surface area contributed by atoms with Gasteiger partial charge in [0.05, 0.1) is 11.4 Å². The van der Waals surface area contributed by atoms with Gasteiger partial charge in [-0.1, -0.05) is 6.42 Å². The van der Waals surface area contributed by atoms with Crippen LogP contribution in [0.2, 0.25) is 0 Å². The summed E-state index contributed by atoms with van der Waals surface area (Å²) in [4.78, 5) is 12.1. The molecule has 0 radical (unpaired) electrons. The van der Waals surface area contributed by atoms with Gasteiger partial charge in [-0.2, -0.15) is 5.10 Å². The monoisotopic (exact) mass is 236 g/mol. The summed E-state index contributed by atoms with van der Waals surface area (Å²) in [5.74, 6) is 0.501. The fraction of sp³-hybridized carbons (Fsp3) is 0.667. The molecule has 3 N–H and O–H groups in total. The van der Waals surface area contributed by atoms with Crippen LogP contribution in [0, 0.1) is 18.8 Å². The maximum Gasteiger partial charge on any atom is 0.227 e. The molecule has 2 rings (SSSR count). The average molecular weight is 236 g/mol. The van der Waals surface area contributed by atoms with Crippen LogP contribution in [0.25, 0.3) is 0 Å². The second-order valence-electron chi connectivity index (χ2n) is 4.82. The van der Waals surface area contributed by atoms with Crippen LogP contribution in [0.4, 0.5) is 5.69 Å².